The Kier molecular flexibility index (Phi) is 5.77. The summed E-state index contributed by atoms with van der Waals surface area (Å²) in [5.74, 6) is 0.858. The van der Waals surface area contributed by atoms with E-state index in [4.69, 9.17) is 4.74 Å². The summed E-state index contributed by atoms with van der Waals surface area (Å²) >= 11 is 0. The van der Waals surface area contributed by atoms with E-state index in [1.165, 1.54) is 0 Å². The van der Waals surface area contributed by atoms with Crippen molar-refractivity contribution in [3.05, 3.63) is 0 Å². The van der Waals surface area contributed by atoms with Crippen molar-refractivity contribution in [2.24, 2.45) is 5.92 Å². The molecule has 1 unspecified atom stereocenters. The fourth-order valence-corrected chi connectivity index (χ4v) is 2.18. The number of rotatable bonds is 5. The third-order valence-corrected chi connectivity index (χ3v) is 2.93. The second-order valence-corrected chi connectivity index (χ2v) is 4.82. The molecule has 1 amide bonds. The zero-order chi connectivity index (χ0) is 12.0. The summed E-state index contributed by atoms with van der Waals surface area (Å²) in [6.07, 6.45) is 1.58. The predicted octanol–water partition coefficient (Wildman–Crippen LogP) is 0.869. The van der Waals surface area contributed by atoms with Gasteiger partial charge in [-0.3, -0.25) is 4.79 Å². The Morgan fingerprint density at radius 3 is 2.94 bits per heavy atom. The number of nitrogens with zero attached hydrogens (tertiary/aromatic N) is 1. The number of hydrogen-bond donors (Lipinski definition) is 1. The van der Waals surface area contributed by atoms with Crippen molar-refractivity contribution in [3.63, 3.8) is 0 Å². The Hall–Kier alpha value is -0.610. The van der Waals surface area contributed by atoms with E-state index in [0.717, 1.165) is 26.1 Å². The molecule has 1 atom stereocenters. The zero-order valence-electron chi connectivity index (χ0n) is 10.7. The maximum Gasteiger partial charge on any atom is 0.225 e. The summed E-state index contributed by atoms with van der Waals surface area (Å²) in [6.45, 7) is 7.60. The van der Waals surface area contributed by atoms with Crippen LogP contribution in [0.25, 0.3) is 0 Å². The Morgan fingerprint density at radius 1 is 1.56 bits per heavy atom. The molecule has 16 heavy (non-hydrogen) atoms. The molecule has 94 valence electrons. The first-order valence-corrected chi connectivity index (χ1v) is 6.14. The molecule has 0 aromatic carbocycles. The fraction of sp³-hybridized carbons (Fsp3) is 0.917. The van der Waals surface area contributed by atoms with E-state index in [1.807, 2.05) is 4.90 Å². The molecule has 0 aromatic heterocycles. The minimum absolute atomic E-state index is 0.231. The lowest BCUT2D eigenvalue weighted by Crippen LogP contribution is -2.54. The molecule has 0 spiro atoms. The third kappa shape index (κ3) is 4.10. The number of hydrogen-bond acceptors (Lipinski definition) is 3. The topological polar surface area (TPSA) is 41.6 Å². The first-order chi connectivity index (χ1) is 7.65. The summed E-state index contributed by atoms with van der Waals surface area (Å²) in [7, 11) is 1.64. The van der Waals surface area contributed by atoms with Crippen molar-refractivity contribution < 1.29 is 9.53 Å². The molecule has 0 radical (unpaired) electrons. The average Bonchev–Trinajstić information content (AvgIpc) is 2.26. The number of piperazine rings is 1. The smallest absolute Gasteiger partial charge is 0.225 e. The average molecular weight is 228 g/mol. The molecular formula is C12H24N2O2. The maximum atomic E-state index is 12.0. The molecule has 1 fully saturated rings. The molecule has 1 rings (SSSR count). The summed E-state index contributed by atoms with van der Waals surface area (Å²) in [4.78, 5) is 14.0. The third-order valence-electron chi connectivity index (χ3n) is 2.93. The quantitative estimate of drug-likeness (QED) is 0.759. The van der Waals surface area contributed by atoms with Gasteiger partial charge in [0.05, 0.1) is 13.0 Å². The highest BCUT2D eigenvalue weighted by molar-refractivity contribution is 5.76. The van der Waals surface area contributed by atoms with Crippen LogP contribution < -0.4 is 5.32 Å². The van der Waals surface area contributed by atoms with Crippen LogP contribution in [0.4, 0.5) is 0 Å². The van der Waals surface area contributed by atoms with Crippen LogP contribution in [0.2, 0.25) is 0 Å². The van der Waals surface area contributed by atoms with Gasteiger partial charge in [-0.2, -0.15) is 0 Å². The Labute approximate surface area is 98.3 Å². The van der Waals surface area contributed by atoms with Gasteiger partial charge in [-0.15, -0.1) is 0 Å². The highest BCUT2D eigenvalue weighted by Crippen LogP contribution is 2.14. The van der Waals surface area contributed by atoms with E-state index in [2.05, 4.69) is 19.2 Å². The molecule has 1 saturated heterocycles. The van der Waals surface area contributed by atoms with Gasteiger partial charge >= 0.3 is 0 Å². The Bertz CT molecular complexity index is 219. The Balaban J connectivity index is 2.48. The lowest BCUT2D eigenvalue weighted by Gasteiger charge is -2.37. The van der Waals surface area contributed by atoms with Crippen LogP contribution in [0, 0.1) is 5.92 Å². The van der Waals surface area contributed by atoms with Crippen LogP contribution in [-0.4, -0.2) is 50.2 Å². The second kappa shape index (κ2) is 6.86. The molecule has 1 aliphatic rings. The van der Waals surface area contributed by atoms with Gasteiger partial charge in [0.15, 0.2) is 0 Å². The normalized spacial score (nSPS) is 21.5. The molecule has 0 aromatic rings. The number of methoxy groups -OCH3 is 1. The second-order valence-electron chi connectivity index (χ2n) is 4.82. The van der Waals surface area contributed by atoms with Crippen LogP contribution in [0.1, 0.15) is 26.7 Å². The van der Waals surface area contributed by atoms with Gasteiger partial charge < -0.3 is 15.0 Å². The van der Waals surface area contributed by atoms with Crippen LogP contribution in [0.3, 0.4) is 0 Å². The molecule has 1 N–H and O–H groups in total. The first kappa shape index (κ1) is 13.5. The number of carbonyl (C=O) groups is 1. The first-order valence-electron chi connectivity index (χ1n) is 6.14. The predicted molar refractivity (Wildman–Crippen MR) is 64.3 cm³/mol. The van der Waals surface area contributed by atoms with Gasteiger partial charge in [0.2, 0.25) is 5.91 Å². The van der Waals surface area contributed by atoms with Crippen molar-refractivity contribution >= 4 is 5.91 Å². The minimum atomic E-state index is 0.231. The zero-order valence-corrected chi connectivity index (χ0v) is 10.7. The molecule has 1 heterocycles. The van der Waals surface area contributed by atoms with Crippen LogP contribution in [0.5, 0.6) is 0 Å². The minimum Gasteiger partial charge on any atom is -0.384 e. The van der Waals surface area contributed by atoms with Gasteiger partial charge in [-0.25, -0.2) is 0 Å². The van der Waals surface area contributed by atoms with E-state index in [9.17, 15) is 4.79 Å². The van der Waals surface area contributed by atoms with E-state index in [1.54, 1.807) is 7.11 Å². The largest absolute Gasteiger partial charge is 0.384 e. The van der Waals surface area contributed by atoms with Gasteiger partial charge in [-0.05, 0) is 12.3 Å². The number of nitrogens with one attached hydrogen (secondary N) is 1. The van der Waals surface area contributed by atoms with Crippen LogP contribution in [0.15, 0.2) is 0 Å². The van der Waals surface area contributed by atoms with Crippen molar-refractivity contribution in [3.8, 4) is 0 Å². The summed E-state index contributed by atoms with van der Waals surface area (Å²) < 4.78 is 4.96. The molecule has 0 aliphatic carbocycles. The number of carbonyl (C=O) groups excluding carboxylic acids is 1. The molecular weight excluding hydrogens is 204 g/mol. The molecule has 1 aliphatic heterocycles. The van der Waals surface area contributed by atoms with E-state index in [-0.39, 0.29) is 5.91 Å². The summed E-state index contributed by atoms with van der Waals surface area (Å²) in [5.41, 5.74) is 0. The van der Waals surface area contributed by atoms with E-state index < -0.39 is 0 Å². The lowest BCUT2D eigenvalue weighted by atomic mass is 10.0. The van der Waals surface area contributed by atoms with Crippen molar-refractivity contribution in [1.82, 2.24) is 10.2 Å². The summed E-state index contributed by atoms with van der Waals surface area (Å²) in [6, 6.07) is 0.359. The molecule has 0 bridgehead atoms. The van der Waals surface area contributed by atoms with E-state index >= 15 is 0 Å². The Morgan fingerprint density at radius 2 is 2.31 bits per heavy atom. The molecule has 0 saturated carbocycles. The van der Waals surface area contributed by atoms with Gasteiger partial charge in [0.25, 0.3) is 0 Å². The fourth-order valence-electron chi connectivity index (χ4n) is 2.18. The van der Waals surface area contributed by atoms with Gasteiger partial charge in [-0.1, -0.05) is 13.8 Å². The van der Waals surface area contributed by atoms with Crippen LogP contribution >= 0.6 is 0 Å². The van der Waals surface area contributed by atoms with Gasteiger partial charge in [0.1, 0.15) is 0 Å². The lowest BCUT2D eigenvalue weighted by molar-refractivity contribution is -0.135. The van der Waals surface area contributed by atoms with Crippen molar-refractivity contribution in [2.45, 2.75) is 32.7 Å². The highest BCUT2D eigenvalue weighted by atomic mass is 16.5. The SMILES string of the molecule is COCCC(=O)N1CCNCC1CC(C)C. The van der Waals surface area contributed by atoms with Crippen molar-refractivity contribution in [2.75, 3.05) is 33.4 Å². The molecule has 4 nitrogen and oxygen atoms in total. The van der Waals surface area contributed by atoms with Crippen molar-refractivity contribution in [1.29, 1.82) is 0 Å². The highest BCUT2D eigenvalue weighted by Gasteiger charge is 2.26. The van der Waals surface area contributed by atoms with E-state index in [0.29, 0.717) is 25.0 Å². The number of ether oxygens (including phenoxy) is 1. The van der Waals surface area contributed by atoms with Crippen LogP contribution in [-0.2, 0) is 9.53 Å². The molecule has 4 heteroatoms. The monoisotopic (exact) mass is 228 g/mol. The van der Waals surface area contributed by atoms with Gasteiger partial charge in [0, 0.05) is 32.8 Å². The summed E-state index contributed by atoms with van der Waals surface area (Å²) in [5, 5.41) is 3.36. The standard InChI is InChI=1S/C12H24N2O2/c1-10(2)8-11-9-13-5-6-14(11)12(15)4-7-16-3/h10-11,13H,4-9H2,1-3H3. The number of amides is 1. The maximum absolute atomic E-state index is 12.0.